The number of hydrogen-bond acceptors (Lipinski definition) is 2. The van der Waals surface area contributed by atoms with E-state index >= 15 is 0 Å². The SMILES string of the molecule is CC(N)C(C)CN(Cc1ccccc1)C(C)C. The molecule has 0 saturated heterocycles. The van der Waals surface area contributed by atoms with Crippen molar-refractivity contribution >= 4 is 0 Å². The Kier molecular flexibility index (Phi) is 5.66. The summed E-state index contributed by atoms with van der Waals surface area (Å²) in [6.07, 6.45) is 0. The lowest BCUT2D eigenvalue weighted by atomic mass is 10.0. The van der Waals surface area contributed by atoms with E-state index in [2.05, 4.69) is 62.9 Å². The Morgan fingerprint density at radius 3 is 2.12 bits per heavy atom. The summed E-state index contributed by atoms with van der Waals surface area (Å²) in [5.74, 6) is 0.529. The Balaban J connectivity index is 2.61. The molecule has 0 bridgehead atoms. The molecule has 2 heteroatoms. The normalized spacial score (nSPS) is 15.2. The summed E-state index contributed by atoms with van der Waals surface area (Å²) in [7, 11) is 0. The number of benzene rings is 1. The van der Waals surface area contributed by atoms with Crippen LogP contribution in [0.5, 0.6) is 0 Å². The van der Waals surface area contributed by atoms with Gasteiger partial charge in [0.05, 0.1) is 0 Å². The lowest BCUT2D eigenvalue weighted by Gasteiger charge is -2.30. The number of hydrogen-bond donors (Lipinski definition) is 1. The molecule has 0 saturated carbocycles. The van der Waals surface area contributed by atoms with Crippen molar-refractivity contribution in [3.05, 3.63) is 35.9 Å². The Morgan fingerprint density at radius 2 is 1.65 bits per heavy atom. The van der Waals surface area contributed by atoms with Crippen molar-refractivity contribution < 1.29 is 0 Å². The molecule has 0 radical (unpaired) electrons. The molecule has 0 aromatic heterocycles. The quantitative estimate of drug-likeness (QED) is 0.820. The van der Waals surface area contributed by atoms with Crippen LogP contribution in [-0.4, -0.2) is 23.5 Å². The fourth-order valence-electron chi connectivity index (χ4n) is 1.81. The molecule has 1 aromatic carbocycles. The van der Waals surface area contributed by atoms with E-state index in [4.69, 9.17) is 5.73 Å². The first-order valence-corrected chi connectivity index (χ1v) is 6.54. The standard InChI is InChI=1S/C15H26N2/c1-12(2)17(10-13(3)14(4)16)11-15-8-6-5-7-9-15/h5-9,12-14H,10-11,16H2,1-4H3. The zero-order valence-corrected chi connectivity index (χ0v) is 11.6. The van der Waals surface area contributed by atoms with E-state index in [0.29, 0.717) is 12.0 Å². The topological polar surface area (TPSA) is 29.3 Å². The lowest BCUT2D eigenvalue weighted by Crippen LogP contribution is -2.39. The van der Waals surface area contributed by atoms with Crippen LogP contribution in [-0.2, 0) is 6.54 Å². The van der Waals surface area contributed by atoms with Gasteiger partial charge in [-0.2, -0.15) is 0 Å². The second-order valence-corrected chi connectivity index (χ2v) is 5.35. The van der Waals surface area contributed by atoms with Gasteiger partial charge in [-0.05, 0) is 32.3 Å². The van der Waals surface area contributed by atoms with Gasteiger partial charge in [-0.3, -0.25) is 4.90 Å². The largest absolute Gasteiger partial charge is 0.328 e. The van der Waals surface area contributed by atoms with Crippen LogP contribution in [0.25, 0.3) is 0 Å². The minimum atomic E-state index is 0.257. The van der Waals surface area contributed by atoms with E-state index in [1.54, 1.807) is 0 Å². The second-order valence-electron chi connectivity index (χ2n) is 5.35. The van der Waals surface area contributed by atoms with Crippen LogP contribution in [0.1, 0.15) is 33.3 Å². The summed E-state index contributed by atoms with van der Waals surface area (Å²) in [5.41, 5.74) is 7.32. The maximum Gasteiger partial charge on any atom is 0.0236 e. The first-order valence-electron chi connectivity index (χ1n) is 6.54. The first kappa shape index (κ1) is 14.2. The summed E-state index contributed by atoms with van der Waals surface area (Å²) in [4.78, 5) is 2.49. The molecule has 17 heavy (non-hydrogen) atoms. The van der Waals surface area contributed by atoms with E-state index in [0.717, 1.165) is 13.1 Å². The van der Waals surface area contributed by atoms with Crippen molar-refractivity contribution in [2.24, 2.45) is 11.7 Å². The molecule has 0 amide bonds. The van der Waals surface area contributed by atoms with Gasteiger partial charge in [0, 0.05) is 25.2 Å². The highest BCUT2D eigenvalue weighted by Gasteiger charge is 2.16. The highest BCUT2D eigenvalue weighted by atomic mass is 15.1. The zero-order chi connectivity index (χ0) is 12.8. The molecule has 0 aliphatic rings. The third-order valence-electron chi connectivity index (χ3n) is 3.38. The lowest BCUT2D eigenvalue weighted by molar-refractivity contribution is 0.175. The van der Waals surface area contributed by atoms with Crippen molar-refractivity contribution in [1.29, 1.82) is 0 Å². The molecule has 2 N–H and O–H groups in total. The monoisotopic (exact) mass is 234 g/mol. The molecule has 1 aromatic rings. The molecule has 2 atom stereocenters. The maximum absolute atomic E-state index is 5.95. The van der Waals surface area contributed by atoms with E-state index in [1.807, 2.05) is 0 Å². The molecule has 0 heterocycles. The van der Waals surface area contributed by atoms with Crippen LogP contribution in [0.4, 0.5) is 0 Å². The molecule has 2 nitrogen and oxygen atoms in total. The molecule has 1 rings (SSSR count). The molecule has 0 fully saturated rings. The number of nitrogens with two attached hydrogens (primary N) is 1. The Bertz CT molecular complexity index is 306. The molecule has 2 unspecified atom stereocenters. The number of nitrogens with zero attached hydrogens (tertiary/aromatic N) is 1. The average Bonchev–Trinajstić information content (AvgIpc) is 2.29. The van der Waals surface area contributed by atoms with Gasteiger partial charge in [-0.25, -0.2) is 0 Å². The molecule has 96 valence electrons. The minimum Gasteiger partial charge on any atom is -0.328 e. The fourth-order valence-corrected chi connectivity index (χ4v) is 1.81. The number of rotatable bonds is 6. The highest BCUT2D eigenvalue weighted by molar-refractivity contribution is 5.14. The highest BCUT2D eigenvalue weighted by Crippen LogP contribution is 2.12. The van der Waals surface area contributed by atoms with Crippen LogP contribution in [0.15, 0.2) is 30.3 Å². The average molecular weight is 234 g/mol. The molecule has 0 aliphatic carbocycles. The Morgan fingerprint density at radius 1 is 1.06 bits per heavy atom. The third-order valence-corrected chi connectivity index (χ3v) is 3.38. The van der Waals surface area contributed by atoms with Crippen molar-refractivity contribution in [1.82, 2.24) is 4.90 Å². The van der Waals surface area contributed by atoms with Gasteiger partial charge < -0.3 is 5.73 Å². The van der Waals surface area contributed by atoms with Gasteiger partial charge in [0.1, 0.15) is 0 Å². The first-order chi connectivity index (χ1) is 8.00. The van der Waals surface area contributed by atoms with Crippen molar-refractivity contribution in [3.63, 3.8) is 0 Å². The molecule has 0 aliphatic heterocycles. The van der Waals surface area contributed by atoms with Gasteiger partial charge in [0.2, 0.25) is 0 Å². The van der Waals surface area contributed by atoms with Gasteiger partial charge in [0.15, 0.2) is 0 Å². The fraction of sp³-hybridized carbons (Fsp3) is 0.600. The van der Waals surface area contributed by atoms with Gasteiger partial charge >= 0.3 is 0 Å². The molecular formula is C15H26N2. The summed E-state index contributed by atoms with van der Waals surface area (Å²) < 4.78 is 0. The minimum absolute atomic E-state index is 0.257. The van der Waals surface area contributed by atoms with Crippen LogP contribution in [0.2, 0.25) is 0 Å². The third kappa shape index (κ3) is 4.88. The zero-order valence-electron chi connectivity index (χ0n) is 11.6. The smallest absolute Gasteiger partial charge is 0.0236 e. The van der Waals surface area contributed by atoms with E-state index in [1.165, 1.54) is 5.56 Å². The molecule has 0 spiro atoms. The van der Waals surface area contributed by atoms with Gasteiger partial charge in [-0.1, -0.05) is 37.3 Å². The predicted octanol–water partition coefficient (Wildman–Crippen LogP) is 2.88. The van der Waals surface area contributed by atoms with Crippen LogP contribution < -0.4 is 5.73 Å². The van der Waals surface area contributed by atoms with Gasteiger partial charge in [0.25, 0.3) is 0 Å². The van der Waals surface area contributed by atoms with Crippen LogP contribution in [0, 0.1) is 5.92 Å². The van der Waals surface area contributed by atoms with Crippen molar-refractivity contribution in [2.75, 3.05) is 6.54 Å². The van der Waals surface area contributed by atoms with Crippen molar-refractivity contribution in [3.8, 4) is 0 Å². The predicted molar refractivity (Wildman–Crippen MR) is 74.8 cm³/mol. The van der Waals surface area contributed by atoms with Crippen LogP contribution >= 0.6 is 0 Å². The summed E-state index contributed by atoms with van der Waals surface area (Å²) in [6, 6.07) is 11.4. The summed E-state index contributed by atoms with van der Waals surface area (Å²) >= 11 is 0. The van der Waals surface area contributed by atoms with E-state index < -0.39 is 0 Å². The maximum atomic E-state index is 5.95. The van der Waals surface area contributed by atoms with E-state index in [-0.39, 0.29) is 6.04 Å². The van der Waals surface area contributed by atoms with Gasteiger partial charge in [-0.15, -0.1) is 0 Å². The van der Waals surface area contributed by atoms with Crippen LogP contribution in [0.3, 0.4) is 0 Å². The summed E-state index contributed by atoms with van der Waals surface area (Å²) in [6.45, 7) is 10.9. The summed E-state index contributed by atoms with van der Waals surface area (Å²) in [5, 5.41) is 0. The molecular weight excluding hydrogens is 208 g/mol. The Hall–Kier alpha value is -0.860. The van der Waals surface area contributed by atoms with Crippen molar-refractivity contribution in [2.45, 2.75) is 46.3 Å². The second kappa shape index (κ2) is 6.77. The Labute approximate surface area is 106 Å². The van der Waals surface area contributed by atoms with E-state index in [9.17, 15) is 0 Å².